The van der Waals surface area contributed by atoms with Crippen LogP contribution < -0.4 is 5.63 Å². The molecule has 4 aromatic rings. The maximum absolute atomic E-state index is 12.8. The zero-order valence-electron chi connectivity index (χ0n) is 17.6. The second-order valence-corrected chi connectivity index (χ2v) is 8.63. The zero-order chi connectivity index (χ0) is 22.3. The van der Waals surface area contributed by atoms with Crippen molar-refractivity contribution in [3.05, 3.63) is 58.4 Å². The van der Waals surface area contributed by atoms with E-state index in [-0.39, 0.29) is 22.5 Å². The highest BCUT2D eigenvalue weighted by Crippen LogP contribution is 2.27. The lowest BCUT2D eigenvalue weighted by atomic mass is 10.1. The number of carboxylic acids is 1. The summed E-state index contributed by atoms with van der Waals surface area (Å²) in [4.78, 5) is 28.8. The summed E-state index contributed by atoms with van der Waals surface area (Å²) in [5.41, 5.74) is 1.40. The third kappa shape index (κ3) is 4.15. The third-order valence-corrected chi connectivity index (χ3v) is 5.17. The number of aryl methyl sites for hydroxylation is 1. The van der Waals surface area contributed by atoms with Crippen LogP contribution in [0.5, 0.6) is 5.75 Å². The molecule has 2 N–H and O–H groups in total. The summed E-state index contributed by atoms with van der Waals surface area (Å²) >= 11 is 0. The van der Waals surface area contributed by atoms with E-state index in [9.17, 15) is 19.8 Å². The lowest BCUT2D eigenvalue weighted by molar-refractivity contribution is -0.870. The fourth-order valence-corrected chi connectivity index (χ4v) is 3.65. The van der Waals surface area contributed by atoms with Crippen LogP contribution in [0.3, 0.4) is 0 Å². The Labute approximate surface area is 178 Å². The first-order valence-corrected chi connectivity index (χ1v) is 9.94. The van der Waals surface area contributed by atoms with Crippen LogP contribution in [0.1, 0.15) is 16.8 Å². The molecule has 0 aliphatic heterocycles. The monoisotopic (exact) mass is 422 g/mol. The molecule has 160 valence electrons. The van der Waals surface area contributed by atoms with Crippen LogP contribution in [-0.4, -0.2) is 57.9 Å². The molecule has 0 amide bonds. The van der Waals surface area contributed by atoms with Crippen molar-refractivity contribution in [1.29, 1.82) is 0 Å². The summed E-state index contributed by atoms with van der Waals surface area (Å²) in [7, 11) is 6.33. The number of aromatic carboxylic acids is 1. The van der Waals surface area contributed by atoms with E-state index in [0.29, 0.717) is 23.3 Å². The predicted molar refractivity (Wildman–Crippen MR) is 117 cm³/mol. The van der Waals surface area contributed by atoms with Gasteiger partial charge >= 0.3 is 11.6 Å². The van der Waals surface area contributed by atoms with Crippen LogP contribution in [0, 0.1) is 0 Å². The van der Waals surface area contributed by atoms with Gasteiger partial charge in [0.2, 0.25) is 0 Å². The summed E-state index contributed by atoms with van der Waals surface area (Å²) in [5, 5.41) is 19.6. The number of carbonyl (C=O) groups is 1. The lowest BCUT2D eigenvalue weighted by Gasteiger charge is -2.24. The van der Waals surface area contributed by atoms with Crippen LogP contribution in [-0.2, 0) is 6.54 Å². The van der Waals surface area contributed by atoms with Gasteiger partial charge in [0.15, 0.2) is 0 Å². The second-order valence-electron chi connectivity index (χ2n) is 8.63. The number of rotatable bonds is 6. The fourth-order valence-electron chi connectivity index (χ4n) is 3.65. The van der Waals surface area contributed by atoms with Crippen molar-refractivity contribution >= 4 is 28.0 Å². The van der Waals surface area contributed by atoms with Gasteiger partial charge in [-0.15, -0.1) is 0 Å². The first kappa shape index (κ1) is 20.6. The molecule has 2 heterocycles. The summed E-state index contributed by atoms with van der Waals surface area (Å²) in [6.45, 7) is 1.53. The number of hydrogen-bond acceptors (Lipinski definition) is 5. The number of phenolic OH excluding ortho intramolecular Hbond substituents is 1. The topological polar surface area (TPSA) is 106 Å². The van der Waals surface area contributed by atoms with Crippen LogP contribution in [0.4, 0.5) is 0 Å². The third-order valence-electron chi connectivity index (χ3n) is 5.17. The molecule has 8 heteroatoms. The molecule has 8 nitrogen and oxygen atoms in total. The number of hydrogen-bond donors (Lipinski definition) is 2. The SMILES string of the molecule is C[N+](C)(C)CCCn1c(-c2cc3ccc(O)cc3oc2=O)nc2cc(C(=O)O)ccc21. The molecule has 0 atom stereocenters. The molecule has 0 radical (unpaired) electrons. The minimum Gasteiger partial charge on any atom is -0.508 e. The summed E-state index contributed by atoms with van der Waals surface area (Å²) in [6.07, 6.45) is 0.843. The maximum Gasteiger partial charge on any atom is 0.347 e. The molecule has 0 saturated carbocycles. The maximum atomic E-state index is 12.8. The highest BCUT2D eigenvalue weighted by atomic mass is 16.4. The molecule has 0 bridgehead atoms. The average Bonchev–Trinajstić information content (AvgIpc) is 3.04. The van der Waals surface area contributed by atoms with Gasteiger partial charge in [-0.3, -0.25) is 0 Å². The van der Waals surface area contributed by atoms with E-state index in [4.69, 9.17) is 4.42 Å². The molecular formula is C23H24N3O5+. The van der Waals surface area contributed by atoms with Crippen molar-refractivity contribution in [2.75, 3.05) is 27.7 Å². The Morgan fingerprint density at radius 2 is 1.90 bits per heavy atom. The number of aromatic nitrogens is 2. The minimum atomic E-state index is -1.03. The Morgan fingerprint density at radius 1 is 1.13 bits per heavy atom. The van der Waals surface area contributed by atoms with Crippen LogP contribution in [0.25, 0.3) is 33.4 Å². The number of quaternary nitrogens is 1. The number of carboxylic acid groups (broad SMARTS) is 1. The largest absolute Gasteiger partial charge is 0.508 e. The standard InChI is InChI=1S/C23H23N3O5/c1-26(2,3)10-4-9-25-19-8-6-15(22(28)29)12-18(19)24-21(25)17-11-14-5-7-16(27)13-20(14)31-23(17)30/h5-8,11-13H,4,9-10H2,1-3H3,(H-,24,27,28,29,30)/p+1. The Kier molecular flexibility index (Phi) is 5.02. The normalized spacial score (nSPS) is 12.0. The quantitative estimate of drug-likeness (QED) is 0.365. The molecule has 0 aliphatic rings. The number of fused-ring (bicyclic) bond motifs is 2. The van der Waals surface area contributed by atoms with Crippen molar-refractivity contribution in [2.45, 2.75) is 13.0 Å². The van der Waals surface area contributed by atoms with E-state index in [1.54, 1.807) is 18.2 Å². The molecule has 0 spiro atoms. The van der Waals surface area contributed by atoms with Gasteiger partial charge in [-0.1, -0.05) is 0 Å². The van der Waals surface area contributed by atoms with Crippen LogP contribution >= 0.6 is 0 Å². The molecule has 4 rings (SSSR count). The average molecular weight is 422 g/mol. The minimum absolute atomic E-state index is 0.0112. The van der Waals surface area contributed by atoms with Crippen molar-refractivity contribution in [1.82, 2.24) is 9.55 Å². The number of aromatic hydroxyl groups is 1. The van der Waals surface area contributed by atoms with E-state index in [1.807, 2.05) is 4.57 Å². The van der Waals surface area contributed by atoms with Crippen LogP contribution in [0.15, 0.2) is 51.7 Å². The van der Waals surface area contributed by atoms with E-state index < -0.39 is 11.6 Å². The Balaban J connectivity index is 1.89. The van der Waals surface area contributed by atoms with Gasteiger partial charge in [0.25, 0.3) is 0 Å². The molecule has 2 aromatic carbocycles. The van der Waals surface area contributed by atoms with E-state index in [1.165, 1.54) is 24.3 Å². The van der Waals surface area contributed by atoms with Gasteiger partial charge < -0.3 is 23.7 Å². The second kappa shape index (κ2) is 7.55. The van der Waals surface area contributed by atoms with Crippen molar-refractivity contribution in [3.63, 3.8) is 0 Å². The van der Waals surface area contributed by atoms with E-state index >= 15 is 0 Å². The van der Waals surface area contributed by atoms with Crippen molar-refractivity contribution < 1.29 is 23.9 Å². The molecule has 0 aliphatic carbocycles. The number of phenols is 1. The number of benzene rings is 2. The summed E-state index contributed by atoms with van der Waals surface area (Å²) in [6, 6.07) is 11.1. The first-order chi connectivity index (χ1) is 14.6. The van der Waals surface area contributed by atoms with Gasteiger partial charge in [0, 0.05) is 24.4 Å². The molecule has 0 unspecified atom stereocenters. The molecule has 2 aromatic heterocycles. The summed E-state index contributed by atoms with van der Waals surface area (Å²) in [5.74, 6) is -0.590. The Hall–Kier alpha value is -3.65. The summed E-state index contributed by atoms with van der Waals surface area (Å²) < 4.78 is 8.17. The van der Waals surface area contributed by atoms with E-state index in [0.717, 1.165) is 23.0 Å². The molecule has 0 fully saturated rings. The molecule has 0 saturated heterocycles. The Morgan fingerprint density at radius 3 is 2.61 bits per heavy atom. The van der Waals surface area contributed by atoms with Gasteiger partial charge in [-0.25, -0.2) is 14.6 Å². The smallest absolute Gasteiger partial charge is 0.347 e. The molecule has 31 heavy (non-hydrogen) atoms. The molecular weight excluding hydrogens is 398 g/mol. The zero-order valence-corrected chi connectivity index (χ0v) is 17.6. The van der Waals surface area contributed by atoms with Gasteiger partial charge in [-0.05, 0) is 36.4 Å². The van der Waals surface area contributed by atoms with Gasteiger partial charge in [-0.2, -0.15) is 0 Å². The van der Waals surface area contributed by atoms with Gasteiger partial charge in [0.1, 0.15) is 22.7 Å². The first-order valence-electron chi connectivity index (χ1n) is 9.94. The van der Waals surface area contributed by atoms with Crippen LogP contribution in [0.2, 0.25) is 0 Å². The number of imidazole rings is 1. The number of nitrogens with zero attached hydrogens (tertiary/aromatic N) is 3. The van der Waals surface area contributed by atoms with Crippen molar-refractivity contribution in [2.24, 2.45) is 0 Å². The Bertz CT molecular complexity index is 1360. The highest BCUT2D eigenvalue weighted by molar-refractivity contribution is 5.93. The lowest BCUT2D eigenvalue weighted by Crippen LogP contribution is -2.35. The van der Waals surface area contributed by atoms with Gasteiger partial charge in [0.05, 0.1) is 44.3 Å². The fraction of sp³-hybridized carbons (Fsp3) is 0.261. The predicted octanol–water partition coefficient (Wildman–Crippen LogP) is 3.31. The van der Waals surface area contributed by atoms with Crippen molar-refractivity contribution in [3.8, 4) is 17.1 Å². The highest BCUT2D eigenvalue weighted by Gasteiger charge is 2.19. The van der Waals surface area contributed by atoms with E-state index in [2.05, 4.69) is 26.1 Å².